The topological polar surface area (TPSA) is 520 Å². The summed E-state index contributed by atoms with van der Waals surface area (Å²) in [7, 11) is 11.7. The molecule has 15 rings (SSSR count). The maximum Gasteiger partial charge on any atom is 1.00 e. The van der Waals surface area contributed by atoms with Crippen molar-refractivity contribution in [3.05, 3.63) is 360 Å². The summed E-state index contributed by atoms with van der Waals surface area (Å²) in [6.45, 7) is 14.7. The van der Waals surface area contributed by atoms with Crippen molar-refractivity contribution < 1.29 is 145 Å². The van der Waals surface area contributed by atoms with Gasteiger partial charge in [0.25, 0.3) is 11.7 Å². The van der Waals surface area contributed by atoms with Crippen LogP contribution in [0.2, 0.25) is 0 Å². The number of nitrogens with zero attached hydrogens (tertiary/aromatic N) is 14. The molecule has 134 heavy (non-hydrogen) atoms. The molecule has 9 heterocycles. The van der Waals surface area contributed by atoms with Gasteiger partial charge in [-0.15, -0.1) is 39.3 Å². The van der Waals surface area contributed by atoms with E-state index in [1.165, 1.54) is 56.0 Å². The number of carbonyl (C=O) groups is 3. The summed E-state index contributed by atoms with van der Waals surface area (Å²) in [4.78, 5) is 92.9. The van der Waals surface area contributed by atoms with Gasteiger partial charge in [0.2, 0.25) is 0 Å². The number of aldehydes is 1. The molecular formula is C87H100Br5Cl3N17Na2O16P2Pd2-. The number of halogens is 8. The van der Waals surface area contributed by atoms with E-state index >= 15 is 0 Å². The number of aromatic nitrogens is 8. The van der Waals surface area contributed by atoms with Crippen molar-refractivity contribution in [3.63, 3.8) is 0 Å². The Balaban J connectivity index is -0.000000266. The number of H-pyrrole nitrogens is 1. The standard InChI is InChI=1S/2C18H15P.C8H8BrN3.C8H7BrN2.C8H7N3O2.C8H9N3.C4H2Br2O3.C4H7N3.C3H5NO4.C2H4O2.C2H6O.CH3Cl.2CH4.CH3.BrH.2ClH.2HNO2.2Na.2Pd/c2*1-4-10-16(11-5-1)19(17-12-6-2-7-13-17)18-14-8-3-9-15-18;1-5-7-3-6(9)4-10-8(7)12(2)11-5;1-5-7-2-6(9)3-11-8(7)4-10-5;1-5-7-2-6(11(12)13)3-10-8(7)4-9-5;1-5-7-2-6(9)3-11-8(7)4-10-5;5-2(1-7)3(6)4(8)9;1-3-2-4(5)7-6-3;1-8-3(2-5)4(6)7;1-2(3)4;1-2-3;1-2;;;;;;;2*2-1-3;;;;/h2*1-15H;3-4H,1-2H3;2-3H,4H2,1H3;2-3H,4H2,1H3;2-3H,4,9H2,1H3;1H,(H,8,9);2H,1H3,(H3,5,6,7);2,5H,1H3;1H3,(H,3,4);3H,2H2,1H3;1H3;2*1H4;1H3;3*1H;2*(H,2,3);;;;/q;;;;;;;;;;;;;;-1;;;;;;2*+1;;+2/p-4/b;;;;;;3-2-;;;;;;;;;;;;;;;;;. The van der Waals surface area contributed by atoms with E-state index in [1.54, 1.807) is 30.1 Å². The van der Waals surface area contributed by atoms with Gasteiger partial charge in [-0.1, -0.05) is 197 Å². The molecule has 33 nitrogen and oxygen atoms in total. The Morgan fingerprint density at radius 1 is 0.612 bits per heavy atom. The number of hydrogen-bond donors (Lipinski definition) is 7. The van der Waals surface area contributed by atoms with Gasteiger partial charge in [0.15, 0.2) is 18.2 Å². The second-order valence-electron chi connectivity index (χ2n) is 24.0. The number of alkyl halides is 1. The number of nitrogens with two attached hydrogens (primary N) is 2. The zero-order valence-electron chi connectivity index (χ0n) is 73.2. The van der Waals surface area contributed by atoms with Crippen LogP contribution < -0.4 is 102 Å². The molecule has 0 unspecified atom stereocenters. The fourth-order valence-electron chi connectivity index (χ4n) is 10.1. The van der Waals surface area contributed by atoms with Crippen molar-refractivity contribution in [1.82, 2.24) is 39.9 Å². The third kappa shape index (κ3) is 54.2. The number of aliphatic hydroxyl groups is 2. The molecule has 0 fully saturated rings. The molecule has 0 atom stereocenters. The zero-order chi connectivity index (χ0) is 95.3. The first kappa shape index (κ1) is 139. The summed E-state index contributed by atoms with van der Waals surface area (Å²) in [6.07, 6.45) is 8.70. The van der Waals surface area contributed by atoms with E-state index in [0.29, 0.717) is 37.1 Å². The number of aliphatic imine (C=N–C) groups is 3. The number of nitrogens with one attached hydrogen (secondary N) is 1. The molecular weight excluding hydrogens is 2370 g/mol. The Morgan fingerprint density at radius 2 is 0.918 bits per heavy atom. The molecule has 3 aliphatic rings. The first-order chi connectivity index (χ1) is 60.8. The predicted octanol–water partition coefficient (Wildman–Crippen LogP) is 14.4. The van der Waals surface area contributed by atoms with Crippen LogP contribution in [0.1, 0.15) is 94.6 Å². The van der Waals surface area contributed by atoms with Crippen LogP contribution in [0.25, 0.3) is 11.0 Å². The number of nitro groups is 2. The van der Waals surface area contributed by atoms with E-state index in [-0.39, 0.29) is 156 Å². The van der Waals surface area contributed by atoms with Gasteiger partial charge in [-0.2, -0.15) is 10.2 Å². The molecule has 0 aliphatic carbocycles. The summed E-state index contributed by atoms with van der Waals surface area (Å²) < 4.78 is 7.70. The van der Waals surface area contributed by atoms with Crippen LogP contribution in [-0.2, 0) is 82.2 Å². The maximum absolute atomic E-state index is 10.4. The molecule has 0 amide bonds. The maximum atomic E-state index is 10.4. The first-order valence-electron chi connectivity index (χ1n) is 36.2. The van der Waals surface area contributed by atoms with E-state index in [9.17, 15) is 29.8 Å². The van der Waals surface area contributed by atoms with Crippen LogP contribution in [0.5, 0.6) is 0 Å². The van der Waals surface area contributed by atoms with Crippen molar-refractivity contribution in [2.24, 2.45) is 32.7 Å². The number of carboxylic acid groups (broad SMARTS) is 2. The second-order valence-corrected chi connectivity index (χ2v) is 34.3. The van der Waals surface area contributed by atoms with Crippen molar-refractivity contribution in [2.75, 3.05) is 31.6 Å². The zero-order valence-corrected chi connectivity index (χ0v) is 92.4. The second kappa shape index (κ2) is 82.0. The third-order valence-corrected chi connectivity index (χ3v) is 22.9. The number of carboxylic acids is 2. The van der Waals surface area contributed by atoms with Crippen LogP contribution in [0, 0.1) is 61.7 Å². The SMILES string of the molecule is Br.C.C.CC(=O)O.CC1=NCc2ncc(Br)cc21.CC1=NCc2ncc(N)cc21.CC1=NCc2ncc([N+](=O)[O-])cc21.CCO.CCl.COC(=CO)[N+](=O)[O-].Cc1cc(N)n[nH]1.Cc1nn(C)c2ncc(Br)cc12.O=C/C(Br)=C(/Br)C(=O)O.O=N[O-].O=N[O-].[CH3-].[Cl][Pd][Cl].[Na+].[Na+].[Pd].c1ccc(P(c2ccccc2)c2ccccc2)cc1.c1ccc(P(c2ccccc2)c2ccccc2)cc1. The minimum Gasteiger partial charge on any atom is -0.0622 e. The number of carbonyl (C=O) groups excluding carboxylic acids is 1. The van der Waals surface area contributed by atoms with Gasteiger partial charge in [-0.05, 0) is 171 Å². The van der Waals surface area contributed by atoms with E-state index in [4.69, 9.17) is 76.0 Å². The van der Waals surface area contributed by atoms with Gasteiger partial charge in [0, 0.05) is 126 Å². The van der Waals surface area contributed by atoms with Gasteiger partial charge in [-0.3, -0.25) is 69.5 Å². The van der Waals surface area contributed by atoms with Gasteiger partial charge < -0.3 is 64.3 Å². The minimum absolute atomic E-state index is 0. The van der Waals surface area contributed by atoms with Crippen LogP contribution in [-0.4, -0.2) is 126 Å². The fraction of sp³-hybridized carbons (Fsp3) is 0.184. The van der Waals surface area contributed by atoms with Gasteiger partial charge in [0.1, 0.15) is 21.4 Å². The molecule has 0 bridgehead atoms. The Bertz CT molecular complexity index is 5140. The largest absolute Gasteiger partial charge is 1.00 e. The number of ether oxygens (including phenoxy) is 1. The molecule has 0 saturated carbocycles. The number of aromatic amines is 1. The fourth-order valence-corrected chi connectivity index (χ4v) is 15.7. The number of aliphatic carboxylic acids is 2. The van der Waals surface area contributed by atoms with Crippen LogP contribution >= 0.6 is 127 Å². The summed E-state index contributed by atoms with van der Waals surface area (Å²) in [5.41, 5.74) is 23.5. The number of nitrogen functional groups attached to an aromatic ring is 2. The van der Waals surface area contributed by atoms with Gasteiger partial charge in [-0.25, -0.2) is 9.78 Å². The predicted molar refractivity (Wildman–Crippen MR) is 550 cm³/mol. The van der Waals surface area contributed by atoms with Crippen molar-refractivity contribution >= 4 is 223 Å². The van der Waals surface area contributed by atoms with E-state index in [1.807, 2.05) is 60.0 Å². The number of pyridine rings is 4. The Labute approximate surface area is 904 Å². The number of fused-ring (bicyclic) bond motifs is 4. The van der Waals surface area contributed by atoms with Gasteiger partial charge in [0.05, 0.1) is 70.8 Å². The number of methoxy groups -OCH3 is 1. The van der Waals surface area contributed by atoms with E-state index in [2.05, 4.69) is 318 Å². The molecule has 0 saturated heterocycles. The number of rotatable bonds is 11. The van der Waals surface area contributed by atoms with Crippen LogP contribution in [0.15, 0.2) is 293 Å². The molecule has 12 aromatic rings. The molecule has 47 heteroatoms. The average Bonchev–Trinajstić information content (AvgIpc) is 1.64. The van der Waals surface area contributed by atoms with Crippen molar-refractivity contribution in [1.29, 1.82) is 0 Å². The minimum atomic E-state index is -1.17. The molecule has 3 aliphatic heterocycles. The van der Waals surface area contributed by atoms with Crippen molar-refractivity contribution in [3.8, 4) is 0 Å². The third-order valence-electron chi connectivity index (χ3n) is 15.3. The quantitative estimate of drug-likeness (QED) is 0.00604. The summed E-state index contributed by atoms with van der Waals surface area (Å²) in [5, 5.41) is 89.3. The van der Waals surface area contributed by atoms with E-state index < -0.39 is 43.5 Å². The number of hydrogen-bond acceptors (Lipinski definition) is 27. The first-order valence-corrected chi connectivity index (χ1v) is 46.8. The van der Waals surface area contributed by atoms with Crippen molar-refractivity contribution in [2.45, 2.75) is 83.0 Å². The summed E-state index contributed by atoms with van der Waals surface area (Å²) in [6, 6.07) is 74.0. The van der Waals surface area contributed by atoms with Crippen LogP contribution in [0.3, 0.4) is 0 Å². The van der Waals surface area contributed by atoms with Gasteiger partial charge >= 0.3 is 106 Å². The summed E-state index contributed by atoms with van der Waals surface area (Å²) in [5.74, 6) is -2.11. The van der Waals surface area contributed by atoms with Crippen LogP contribution in [0.4, 0.5) is 17.2 Å². The Kier molecular flexibility index (Phi) is 85.1. The number of allylic oxidation sites excluding steroid dienone is 1. The Morgan fingerprint density at radius 3 is 1.18 bits per heavy atom. The molecule has 0 radical (unpaired) electrons. The number of benzene rings is 6. The number of anilines is 2. The average molecular weight is 2470 g/mol. The number of aliphatic hydroxyl groups excluding tert-OH is 2. The monoisotopic (exact) mass is 2460 g/mol. The normalized spacial score (nSPS) is 10.4. The van der Waals surface area contributed by atoms with E-state index in [0.717, 1.165) is 108 Å². The molecule has 6 aromatic carbocycles. The Hall–Kier alpha value is -8.09. The molecule has 718 valence electrons. The smallest absolute Gasteiger partial charge is 0.0622 e. The molecule has 0 spiro atoms. The summed E-state index contributed by atoms with van der Waals surface area (Å²) >= 11 is 16.7. The molecule has 6 aromatic heterocycles. The molecule has 9 N–H and O–H groups in total. The number of aryl methyl sites for hydroxylation is 3.